The lowest BCUT2D eigenvalue weighted by Gasteiger charge is -2.38. The second-order valence-corrected chi connectivity index (χ2v) is 10.9. The van der Waals surface area contributed by atoms with Crippen LogP contribution in [0.1, 0.15) is 36.0 Å². The Bertz CT molecular complexity index is 1550. The minimum atomic E-state index is -1.52. The normalized spacial score (nSPS) is 14.5. The first-order valence-corrected chi connectivity index (χ1v) is 14.9. The van der Waals surface area contributed by atoms with Gasteiger partial charge in [0.2, 0.25) is 18.6 Å². The van der Waals surface area contributed by atoms with Crippen LogP contribution in [0.15, 0.2) is 66.7 Å². The largest absolute Gasteiger partial charge is 0.481 e. The van der Waals surface area contributed by atoms with E-state index in [9.17, 15) is 29.4 Å². The predicted octanol–water partition coefficient (Wildman–Crippen LogP) is 3.53. The standard InChI is InChI=1S/C32H36N4O8S/c1-3-24(37)29(28(31(40)41)20-10-13-25-26(15-20)44-17-43-25)36(30(39)22(33)16-45)27(38)14-19-8-11-21(12-9-19)34-32(42)35-23-7-5-4-6-18(23)2/h4-13,15,22,24,28-29,37,45H,3,14,16-17,33H2,1-2H3,(H,40,41)(H2,34,35,42)/t22?,24-,28?,29?/m0/s1. The molecule has 13 heteroatoms. The highest BCUT2D eigenvalue weighted by molar-refractivity contribution is 7.80. The second-order valence-electron chi connectivity index (χ2n) is 10.6. The molecule has 0 aliphatic carbocycles. The van der Waals surface area contributed by atoms with Crippen molar-refractivity contribution in [3.8, 4) is 11.5 Å². The number of nitrogens with two attached hydrogens (primary N) is 1. The third-order valence-electron chi connectivity index (χ3n) is 7.45. The number of thiol groups is 1. The Labute approximate surface area is 265 Å². The Morgan fingerprint density at radius 1 is 1.00 bits per heavy atom. The number of benzene rings is 3. The molecule has 6 N–H and O–H groups in total. The molecular weight excluding hydrogens is 600 g/mol. The van der Waals surface area contributed by atoms with Crippen LogP contribution in [-0.2, 0) is 20.8 Å². The van der Waals surface area contributed by atoms with E-state index in [1.54, 1.807) is 37.3 Å². The van der Waals surface area contributed by atoms with Crippen molar-refractivity contribution in [2.75, 3.05) is 23.2 Å². The molecule has 4 amide bonds. The number of aryl methyl sites for hydroxylation is 1. The minimum Gasteiger partial charge on any atom is -0.481 e. The first kappa shape index (κ1) is 33.3. The Morgan fingerprint density at radius 2 is 1.69 bits per heavy atom. The molecule has 0 bridgehead atoms. The molecular formula is C32H36N4O8S. The molecule has 3 aromatic carbocycles. The number of para-hydroxylation sites is 1. The zero-order chi connectivity index (χ0) is 32.7. The number of anilines is 2. The fourth-order valence-corrected chi connectivity index (χ4v) is 5.19. The number of hydrogen-bond donors (Lipinski definition) is 6. The number of ether oxygens (including phenoxy) is 2. The number of aliphatic hydroxyl groups is 1. The molecule has 0 radical (unpaired) electrons. The maximum absolute atomic E-state index is 13.9. The van der Waals surface area contributed by atoms with Crippen LogP contribution in [0.25, 0.3) is 0 Å². The second kappa shape index (κ2) is 14.9. The highest BCUT2D eigenvalue weighted by atomic mass is 32.1. The SMILES string of the molecule is CC[C@H](O)C(C(C(=O)O)c1ccc2c(c1)OCO2)N(C(=O)Cc1ccc(NC(=O)Nc2ccccc2C)cc1)C(=O)C(N)CS. The highest BCUT2D eigenvalue weighted by Gasteiger charge is 2.44. The molecule has 0 fully saturated rings. The van der Waals surface area contributed by atoms with E-state index in [0.29, 0.717) is 28.4 Å². The predicted molar refractivity (Wildman–Crippen MR) is 171 cm³/mol. The van der Waals surface area contributed by atoms with Gasteiger partial charge >= 0.3 is 12.0 Å². The van der Waals surface area contributed by atoms with Crippen molar-refractivity contribution in [1.29, 1.82) is 0 Å². The average Bonchev–Trinajstić information content (AvgIpc) is 3.50. The molecule has 0 saturated heterocycles. The van der Waals surface area contributed by atoms with Crippen molar-refractivity contribution in [3.63, 3.8) is 0 Å². The summed E-state index contributed by atoms with van der Waals surface area (Å²) in [4.78, 5) is 53.5. The molecule has 1 heterocycles. The van der Waals surface area contributed by atoms with Crippen molar-refractivity contribution in [2.45, 2.75) is 50.8 Å². The zero-order valence-electron chi connectivity index (χ0n) is 24.8. The summed E-state index contributed by atoms with van der Waals surface area (Å²) in [5.74, 6) is -3.92. The summed E-state index contributed by atoms with van der Waals surface area (Å²) in [6.07, 6.45) is -1.69. The number of fused-ring (bicyclic) bond motifs is 1. The molecule has 3 aromatic rings. The Balaban J connectivity index is 1.60. The van der Waals surface area contributed by atoms with Gasteiger partial charge in [0.1, 0.15) is 5.92 Å². The molecule has 4 rings (SSSR count). The number of aliphatic carboxylic acids is 1. The van der Waals surface area contributed by atoms with Crippen molar-refractivity contribution >= 4 is 47.8 Å². The van der Waals surface area contributed by atoms with Crippen LogP contribution in [0.3, 0.4) is 0 Å². The minimum absolute atomic E-state index is 0.0386. The van der Waals surface area contributed by atoms with Crippen LogP contribution >= 0.6 is 12.6 Å². The van der Waals surface area contributed by atoms with Crippen LogP contribution in [0.2, 0.25) is 0 Å². The summed E-state index contributed by atoms with van der Waals surface area (Å²) >= 11 is 4.11. The van der Waals surface area contributed by atoms with Gasteiger partial charge in [0.05, 0.1) is 24.6 Å². The number of hydrogen-bond acceptors (Lipinski definition) is 9. The average molecular weight is 637 g/mol. The van der Waals surface area contributed by atoms with Gasteiger partial charge in [0.25, 0.3) is 0 Å². The van der Waals surface area contributed by atoms with E-state index in [2.05, 4.69) is 23.3 Å². The molecule has 0 saturated carbocycles. The smallest absolute Gasteiger partial charge is 0.323 e. The summed E-state index contributed by atoms with van der Waals surface area (Å²) in [6.45, 7) is 3.45. The number of nitrogens with zero attached hydrogens (tertiary/aromatic N) is 1. The van der Waals surface area contributed by atoms with Crippen molar-refractivity contribution in [3.05, 3.63) is 83.4 Å². The monoisotopic (exact) mass is 636 g/mol. The third kappa shape index (κ3) is 7.93. The first-order valence-electron chi connectivity index (χ1n) is 14.3. The quantitative estimate of drug-likeness (QED) is 0.162. The van der Waals surface area contributed by atoms with Gasteiger partial charge in [0.15, 0.2) is 11.5 Å². The van der Waals surface area contributed by atoms with Crippen LogP contribution in [0, 0.1) is 6.92 Å². The number of amides is 4. The summed E-state index contributed by atoms with van der Waals surface area (Å²) < 4.78 is 10.7. The summed E-state index contributed by atoms with van der Waals surface area (Å²) in [7, 11) is 0. The number of rotatable bonds is 12. The summed E-state index contributed by atoms with van der Waals surface area (Å²) in [5, 5.41) is 27.0. The third-order valence-corrected chi connectivity index (χ3v) is 7.85. The van der Waals surface area contributed by atoms with E-state index < -0.39 is 47.9 Å². The van der Waals surface area contributed by atoms with Crippen LogP contribution in [-0.4, -0.2) is 69.7 Å². The summed E-state index contributed by atoms with van der Waals surface area (Å²) in [6, 6.07) is 15.0. The number of imide groups is 1. The van der Waals surface area contributed by atoms with Crippen molar-refractivity contribution in [1.82, 2.24) is 4.90 Å². The van der Waals surface area contributed by atoms with E-state index >= 15 is 0 Å². The number of aliphatic hydroxyl groups excluding tert-OH is 1. The number of nitrogens with one attached hydrogen (secondary N) is 2. The molecule has 0 spiro atoms. The fraction of sp³-hybridized carbons (Fsp3) is 0.312. The Hall–Kier alpha value is -4.59. The zero-order valence-corrected chi connectivity index (χ0v) is 25.7. The number of carbonyl (C=O) groups is 4. The van der Waals surface area contributed by atoms with E-state index in [0.717, 1.165) is 10.5 Å². The van der Waals surface area contributed by atoms with Crippen molar-refractivity contribution < 1.29 is 38.9 Å². The number of carboxylic acid groups (broad SMARTS) is 1. The molecule has 0 aromatic heterocycles. The topological polar surface area (TPSA) is 181 Å². The molecule has 238 valence electrons. The van der Waals surface area contributed by atoms with E-state index in [-0.39, 0.29) is 31.0 Å². The summed E-state index contributed by atoms with van der Waals surface area (Å²) in [5.41, 5.74) is 8.70. The van der Waals surface area contributed by atoms with Gasteiger partial charge in [-0.25, -0.2) is 4.79 Å². The van der Waals surface area contributed by atoms with Gasteiger partial charge in [-0.1, -0.05) is 43.3 Å². The van der Waals surface area contributed by atoms with Crippen LogP contribution in [0.5, 0.6) is 11.5 Å². The Kier molecular flexibility index (Phi) is 11.0. The first-order chi connectivity index (χ1) is 21.5. The maximum atomic E-state index is 13.9. The van der Waals surface area contributed by atoms with E-state index in [1.165, 1.54) is 18.2 Å². The van der Waals surface area contributed by atoms with Crippen LogP contribution in [0.4, 0.5) is 16.2 Å². The molecule has 3 unspecified atom stereocenters. The lowest BCUT2D eigenvalue weighted by molar-refractivity contribution is -0.155. The van der Waals surface area contributed by atoms with Crippen molar-refractivity contribution in [2.24, 2.45) is 5.73 Å². The van der Waals surface area contributed by atoms with Gasteiger partial charge in [-0.3, -0.25) is 19.3 Å². The van der Waals surface area contributed by atoms with Gasteiger partial charge in [-0.05, 0) is 60.4 Å². The van der Waals surface area contributed by atoms with Gasteiger partial charge in [0, 0.05) is 17.1 Å². The lowest BCUT2D eigenvalue weighted by Crippen LogP contribution is -2.59. The number of carbonyl (C=O) groups excluding carboxylic acids is 3. The highest BCUT2D eigenvalue weighted by Crippen LogP contribution is 2.37. The molecule has 12 nitrogen and oxygen atoms in total. The fourth-order valence-electron chi connectivity index (χ4n) is 5.03. The van der Waals surface area contributed by atoms with Crippen LogP contribution < -0.4 is 25.8 Å². The number of urea groups is 1. The lowest BCUT2D eigenvalue weighted by atomic mass is 9.85. The van der Waals surface area contributed by atoms with E-state index in [1.807, 2.05) is 25.1 Å². The van der Waals surface area contributed by atoms with E-state index in [4.69, 9.17) is 15.2 Å². The molecule has 4 atom stereocenters. The van der Waals surface area contributed by atoms with Gasteiger partial charge in [-0.2, -0.15) is 12.6 Å². The maximum Gasteiger partial charge on any atom is 0.323 e. The van der Waals surface area contributed by atoms with Gasteiger partial charge < -0.3 is 36.1 Å². The van der Waals surface area contributed by atoms with Gasteiger partial charge in [-0.15, -0.1) is 0 Å². The molecule has 45 heavy (non-hydrogen) atoms. The molecule has 1 aliphatic heterocycles. The number of carboxylic acids is 1. The molecule has 1 aliphatic rings. The Morgan fingerprint density at radius 3 is 2.33 bits per heavy atom.